The molecule has 1 amide bonds. The number of fused-ring (bicyclic) bond motifs is 1. The van der Waals surface area contributed by atoms with Gasteiger partial charge in [-0.25, -0.2) is 0 Å². The molecule has 0 spiro atoms. The highest BCUT2D eigenvalue weighted by molar-refractivity contribution is 8.00. The molecule has 29 heavy (non-hydrogen) atoms. The van der Waals surface area contributed by atoms with Crippen LogP contribution in [0, 0.1) is 17.2 Å². The lowest BCUT2D eigenvalue weighted by Gasteiger charge is -2.17. The number of carbonyl (C=O) groups is 1. The number of amides is 1. The van der Waals surface area contributed by atoms with Crippen LogP contribution in [-0.2, 0) is 17.6 Å². The first-order valence-corrected chi connectivity index (χ1v) is 11.5. The topological polar surface area (TPSA) is 52.9 Å². The minimum Gasteiger partial charge on any atom is -0.315 e. The summed E-state index contributed by atoms with van der Waals surface area (Å²) in [6, 6.07) is 22.1. The van der Waals surface area contributed by atoms with Crippen LogP contribution in [0.2, 0.25) is 0 Å². The summed E-state index contributed by atoms with van der Waals surface area (Å²) in [6.45, 7) is 2.24. The molecule has 0 bridgehead atoms. The number of nitriles is 1. The molecule has 2 atom stereocenters. The van der Waals surface area contributed by atoms with Crippen molar-refractivity contribution in [1.82, 2.24) is 0 Å². The molecule has 1 aliphatic carbocycles. The Bertz CT molecular complexity index is 1040. The lowest BCUT2D eigenvalue weighted by atomic mass is 9.88. The number of anilines is 1. The first-order chi connectivity index (χ1) is 14.2. The largest absolute Gasteiger partial charge is 0.315 e. The van der Waals surface area contributed by atoms with Gasteiger partial charge in [-0.3, -0.25) is 4.79 Å². The Morgan fingerprint density at radius 3 is 2.55 bits per heavy atom. The summed E-state index contributed by atoms with van der Waals surface area (Å²) < 4.78 is 0. The fraction of sp³-hybridized carbons (Fsp3) is 0.250. The summed E-state index contributed by atoms with van der Waals surface area (Å²) in [6.07, 6.45) is 3.01. The van der Waals surface area contributed by atoms with Crippen LogP contribution >= 0.6 is 23.1 Å². The van der Waals surface area contributed by atoms with Crippen molar-refractivity contribution >= 4 is 34.0 Å². The van der Waals surface area contributed by atoms with Crippen molar-refractivity contribution in [2.24, 2.45) is 5.92 Å². The van der Waals surface area contributed by atoms with E-state index < -0.39 is 0 Å². The van der Waals surface area contributed by atoms with E-state index in [0.717, 1.165) is 35.3 Å². The van der Waals surface area contributed by atoms with Crippen molar-refractivity contribution in [3.05, 3.63) is 82.2 Å². The van der Waals surface area contributed by atoms with Crippen LogP contribution < -0.4 is 5.32 Å². The van der Waals surface area contributed by atoms with Crippen LogP contribution in [0.5, 0.6) is 0 Å². The van der Waals surface area contributed by atoms with E-state index in [1.807, 2.05) is 60.7 Å². The van der Waals surface area contributed by atoms with Gasteiger partial charge in [-0.2, -0.15) is 5.26 Å². The molecule has 4 rings (SSSR count). The van der Waals surface area contributed by atoms with Gasteiger partial charge in [0.05, 0.1) is 5.56 Å². The quantitative estimate of drug-likeness (QED) is 0.501. The summed E-state index contributed by atoms with van der Waals surface area (Å²) in [5.41, 5.74) is 2.74. The number of thioether (sulfide) groups is 1. The van der Waals surface area contributed by atoms with Crippen LogP contribution in [0.4, 0.5) is 5.00 Å². The lowest BCUT2D eigenvalue weighted by molar-refractivity contribution is -0.115. The lowest BCUT2D eigenvalue weighted by Crippen LogP contribution is -2.19. The van der Waals surface area contributed by atoms with E-state index in [9.17, 15) is 10.1 Å². The van der Waals surface area contributed by atoms with Gasteiger partial charge in [-0.1, -0.05) is 55.5 Å². The molecule has 0 fully saturated rings. The van der Waals surface area contributed by atoms with E-state index in [1.54, 1.807) is 11.3 Å². The van der Waals surface area contributed by atoms with Crippen LogP contribution in [0.15, 0.2) is 65.6 Å². The van der Waals surface area contributed by atoms with Gasteiger partial charge in [0, 0.05) is 9.77 Å². The Morgan fingerprint density at radius 1 is 1.17 bits per heavy atom. The van der Waals surface area contributed by atoms with Gasteiger partial charge in [0.2, 0.25) is 5.91 Å². The molecule has 0 aliphatic heterocycles. The number of thiophene rings is 1. The molecular weight excluding hydrogens is 396 g/mol. The van der Waals surface area contributed by atoms with Crippen LogP contribution in [-0.4, -0.2) is 5.91 Å². The van der Waals surface area contributed by atoms with Gasteiger partial charge in [0.1, 0.15) is 16.3 Å². The first kappa shape index (κ1) is 19.8. The molecule has 0 saturated heterocycles. The minimum absolute atomic E-state index is 0.0896. The number of hydrogen-bond acceptors (Lipinski definition) is 4. The number of nitrogens with zero attached hydrogens (tertiary/aromatic N) is 1. The number of carbonyl (C=O) groups excluding carboxylic acids is 1. The summed E-state index contributed by atoms with van der Waals surface area (Å²) in [4.78, 5) is 15.6. The standard InChI is InChI=1S/C24H22N2OS2/c1-16-12-13-19-20(15-25)24(29-21(19)14-16)26-23(27)22(17-8-4-2-5-9-17)28-18-10-6-3-7-11-18/h2-11,16,22H,12-14H2,1H3,(H,26,27)/t16-,22+/m1/s1. The van der Waals surface area contributed by atoms with Gasteiger partial charge in [-0.15, -0.1) is 23.1 Å². The molecule has 5 heteroatoms. The molecule has 2 aromatic carbocycles. The Kier molecular flexibility index (Phi) is 6.03. The predicted octanol–water partition coefficient (Wildman–Crippen LogP) is 6.22. The second kappa shape index (κ2) is 8.86. The molecule has 1 aromatic heterocycles. The molecule has 0 saturated carbocycles. The smallest absolute Gasteiger partial charge is 0.243 e. The Balaban J connectivity index is 1.63. The SMILES string of the molecule is C[C@@H]1CCc2c(sc(NC(=O)[C@@H](Sc3ccccc3)c3ccccc3)c2C#N)C1. The molecule has 0 radical (unpaired) electrons. The summed E-state index contributed by atoms with van der Waals surface area (Å²) in [5, 5.41) is 13.1. The third-order valence-corrected chi connectivity index (χ3v) is 7.63. The molecule has 1 heterocycles. The van der Waals surface area contributed by atoms with Crippen molar-refractivity contribution in [2.45, 2.75) is 36.3 Å². The maximum Gasteiger partial charge on any atom is 0.243 e. The predicted molar refractivity (Wildman–Crippen MR) is 120 cm³/mol. The Morgan fingerprint density at radius 2 is 1.86 bits per heavy atom. The van der Waals surface area contributed by atoms with Crippen molar-refractivity contribution in [3.8, 4) is 6.07 Å². The summed E-state index contributed by atoms with van der Waals surface area (Å²) in [5.74, 6) is 0.537. The van der Waals surface area contributed by atoms with Crippen molar-refractivity contribution in [1.29, 1.82) is 5.26 Å². The van der Waals surface area contributed by atoms with Gasteiger partial charge < -0.3 is 5.32 Å². The molecule has 1 aliphatic rings. The highest BCUT2D eigenvalue weighted by Crippen LogP contribution is 2.41. The first-order valence-electron chi connectivity index (χ1n) is 9.78. The monoisotopic (exact) mass is 418 g/mol. The van der Waals surface area contributed by atoms with E-state index in [2.05, 4.69) is 18.3 Å². The van der Waals surface area contributed by atoms with Crippen LogP contribution in [0.1, 0.15) is 40.2 Å². The normalized spacial score (nSPS) is 16.5. The maximum atomic E-state index is 13.3. The Hall–Kier alpha value is -2.55. The van der Waals surface area contributed by atoms with E-state index in [-0.39, 0.29) is 11.2 Å². The third kappa shape index (κ3) is 4.39. The van der Waals surface area contributed by atoms with E-state index in [0.29, 0.717) is 16.5 Å². The summed E-state index contributed by atoms with van der Waals surface area (Å²) in [7, 11) is 0. The number of benzene rings is 2. The molecule has 3 aromatic rings. The number of nitrogens with one attached hydrogen (secondary N) is 1. The third-order valence-electron chi connectivity index (χ3n) is 5.20. The van der Waals surface area contributed by atoms with Crippen LogP contribution in [0.25, 0.3) is 0 Å². The maximum absolute atomic E-state index is 13.3. The average molecular weight is 419 g/mol. The number of rotatable bonds is 5. The van der Waals surface area contributed by atoms with Gasteiger partial charge >= 0.3 is 0 Å². The molecule has 146 valence electrons. The zero-order valence-electron chi connectivity index (χ0n) is 16.2. The average Bonchev–Trinajstić information content (AvgIpc) is 3.09. The highest BCUT2D eigenvalue weighted by atomic mass is 32.2. The fourth-order valence-corrected chi connectivity index (χ4v) is 6.08. The van der Waals surface area contributed by atoms with E-state index >= 15 is 0 Å². The van der Waals surface area contributed by atoms with Crippen molar-refractivity contribution < 1.29 is 4.79 Å². The van der Waals surface area contributed by atoms with Crippen molar-refractivity contribution in [2.75, 3.05) is 5.32 Å². The second-order valence-corrected chi connectivity index (χ2v) is 9.66. The fourth-order valence-electron chi connectivity index (χ4n) is 3.67. The zero-order chi connectivity index (χ0) is 20.2. The van der Waals surface area contributed by atoms with Crippen LogP contribution in [0.3, 0.4) is 0 Å². The van der Waals surface area contributed by atoms with Crippen molar-refractivity contribution in [3.63, 3.8) is 0 Å². The molecular formula is C24H22N2OS2. The molecule has 0 unspecified atom stereocenters. The van der Waals surface area contributed by atoms with E-state index in [1.165, 1.54) is 16.6 Å². The zero-order valence-corrected chi connectivity index (χ0v) is 17.9. The highest BCUT2D eigenvalue weighted by Gasteiger charge is 2.27. The minimum atomic E-state index is -0.386. The van der Waals surface area contributed by atoms with Gasteiger partial charge in [0.25, 0.3) is 0 Å². The Labute approximate surface area is 179 Å². The molecule has 3 nitrogen and oxygen atoms in total. The van der Waals surface area contributed by atoms with Gasteiger partial charge in [-0.05, 0) is 48.4 Å². The summed E-state index contributed by atoms with van der Waals surface area (Å²) >= 11 is 3.10. The van der Waals surface area contributed by atoms with Gasteiger partial charge in [0.15, 0.2) is 0 Å². The number of hydrogen-bond donors (Lipinski definition) is 1. The second-order valence-electron chi connectivity index (χ2n) is 7.38. The molecule has 1 N–H and O–H groups in total. The van der Waals surface area contributed by atoms with E-state index in [4.69, 9.17) is 0 Å².